The van der Waals surface area contributed by atoms with E-state index < -0.39 is 0 Å². The summed E-state index contributed by atoms with van der Waals surface area (Å²) in [7, 11) is 0. The highest BCUT2D eigenvalue weighted by atomic mass is 15.3. The maximum atomic E-state index is 4.89. The summed E-state index contributed by atoms with van der Waals surface area (Å²) < 4.78 is 2.31. The van der Waals surface area contributed by atoms with Gasteiger partial charge in [-0.1, -0.05) is 0 Å². The fourth-order valence-corrected chi connectivity index (χ4v) is 3.27. The second-order valence-corrected chi connectivity index (χ2v) is 5.86. The molecule has 2 heteroatoms. The van der Waals surface area contributed by atoms with Crippen molar-refractivity contribution in [3.63, 3.8) is 0 Å². The van der Waals surface area contributed by atoms with Crippen LogP contribution >= 0.6 is 0 Å². The molecule has 1 heterocycles. The molecule has 2 saturated carbocycles. The van der Waals surface area contributed by atoms with E-state index in [0.29, 0.717) is 6.04 Å². The van der Waals surface area contributed by atoms with Crippen molar-refractivity contribution in [3.8, 4) is 0 Å². The molecule has 3 aliphatic rings. The first-order valence-electron chi connectivity index (χ1n) is 6.37. The lowest BCUT2D eigenvalue weighted by molar-refractivity contribution is 0.501. The fourth-order valence-electron chi connectivity index (χ4n) is 3.27. The second-order valence-electron chi connectivity index (χ2n) is 5.86. The minimum atomic E-state index is 0.545. The van der Waals surface area contributed by atoms with Crippen molar-refractivity contribution in [1.82, 2.24) is 9.78 Å². The molecule has 2 nitrogen and oxygen atoms in total. The van der Waals surface area contributed by atoms with Gasteiger partial charge in [-0.2, -0.15) is 5.10 Å². The van der Waals surface area contributed by atoms with E-state index in [-0.39, 0.29) is 0 Å². The Balaban J connectivity index is 1.88. The number of hydrogen-bond donors (Lipinski definition) is 0. The van der Waals surface area contributed by atoms with Gasteiger partial charge >= 0.3 is 0 Å². The van der Waals surface area contributed by atoms with Gasteiger partial charge in [0.15, 0.2) is 0 Å². The van der Waals surface area contributed by atoms with Crippen molar-refractivity contribution in [2.75, 3.05) is 0 Å². The normalized spacial score (nSPS) is 31.9. The molecule has 0 N–H and O–H groups in total. The van der Waals surface area contributed by atoms with Gasteiger partial charge in [0, 0.05) is 23.2 Å². The lowest BCUT2D eigenvalue weighted by Gasteiger charge is -2.09. The Hall–Kier alpha value is -0.790. The van der Waals surface area contributed by atoms with Gasteiger partial charge in [-0.25, -0.2) is 0 Å². The van der Waals surface area contributed by atoms with Gasteiger partial charge in [-0.05, 0) is 51.4 Å². The molecule has 0 unspecified atom stereocenters. The zero-order valence-electron chi connectivity index (χ0n) is 9.53. The van der Waals surface area contributed by atoms with Crippen LogP contribution in [0.15, 0.2) is 0 Å². The van der Waals surface area contributed by atoms with E-state index in [1.165, 1.54) is 31.4 Å². The largest absolute Gasteiger partial charge is 0.267 e. The molecule has 0 amide bonds. The molecule has 2 atom stereocenters. The zero-order chi connectivity index (χ0) is 10.2. The van der Waals surface area contributed by atoms with Crippen LogP contribution in [0.3, 0.4) is 0 Å². The van der Waals surface area contributed by atoms with E-state index in [1.54, 1.807) is 11.3 Å². The maximum Gasteiger partial charge on any atom is 0.0693 e. The Bertz CT molecular complexity index is 426. The van der Waals surface area contributed by atoms with Crippen molar-refractivity contribution in [3.05, 3.63) is 17.0 Å². The molecule has 0 aliphatic heterocycles. The fraction of sp³-hybridized carbons (Fsp3) is 0.769. The van der Waals surface area contributed by atoms with Crippen LogP contribution < -0.4 is 0 Å². The molecule has 0 spiro atoms. The molecule has 1 aromatic rings. The summed E-state index contributed by atoms with van der Waals surface area (Å²) in [4.78, 5) is 0. The van der Waals surface area contributed by atoms with Crippen LogP contribution in [0.2, 0.25) is 0 Å². The molecule has 0 radical (unpaired) electrons. The molecule has 0 saturated heterocycles. The highest BCUT2D eigenvalue weighted by molar-refractivity contribution is 5.44. The van der Waals surface area contributed by atoms with Crippen molar-refractivity contribution in [2.24, 2.45) is 5.92 Å². The van der Waals surface area contributed by atoms with Crippen LogP contribution in [-0.2, 0) is 6.42 Å². The van der Waals surface area contributed by atoms with E-state index in [1.807, 2.05) is 0 Å². The molecule has 3 aliphatic carbocycles. The summed E-state index contributed by atoms with van der Waals surface area (Å²) in [6.45, 7) is 4.52. The van der Waals surface area contributed by atoms with Crippen LogP contribution in [0.25, 0.3) is 0 Å². The van der Waals surface area contributed by atoms with Gasteiger partial charge in [-0.3, -0.25) is 4.68 Å². The third-order valence-corrected chi connectivity index (χ3v) is 4.28. The SMILES string of the molecule is CC(C)n1nc(C2CC2)c2c1C[C@H]1C[C@@H]21. The predicted molar refractivity (Wildman–Crippen MR) is 59.1 cm³/mol. The molecule has 80 valence electrons. The summed E-state index contributed by atoms with van der Waals surface area (Å²) >= 11 is 0. The Morgan fingerprint density at radius 2 is 2.13 bits per heavy atom. The van der Waals surface area contributed by atoms with Crippen LogP contribution in [-0.4, -0.2) is 9.78 Å². The van der Waals surface area contributed by atoms with Crippen LogP contribution in [0.5, 0.6) is 0 Å². The van der Waals surface area contributed by atoms with Gasteiger partial charge in [0.05, 0.1) is 5.69 Å². The summed E-state index contributed by atoms with van der Waals surface area (Å²) in [6, 6.07) is 0.545. The van der Waals surface area contributed by atoms with Crippen molar-refractivity contribution in [2.45, 2.75) is 57.4 Å². The van der Waals surface area contributed by atoms with E-state index in [0.717, 1.165) is 17.8 Å². The van der Waals surface area contributed by atoms with E-state index in [2.05, 4.69) is 18.5 Å². The average molecular weight is 202 g/mol. The molecule has 1 aromatic heterocycles. The van der Waals surface area contributed by atoms with Gasteiger partial charge < -0.3 is 0 Å². The lowest BCUT2D eigenvalue weighted by atomic mass is 10.1. The maximum absolute atomic E-state index is 4.89. The number of aromatic nitrogens is 2. The summed E-state index contributed by atoms with van der Waals surface area (Å²) in [5.41, 5.74) is 4.77. The molecule has 0 bridgehead atoms. The molecule has 15 heavy (non-hydrogen) atoms. The van der Waals surface area contributed by atoms with Gasteiger partial charge in [0.2, 0.25) is 0 Å². The third-order valence-electron chi connectivity index (χ3n) is 4.28. The number of nitrogens with zero attached hydrogens (tertiary/aromatic N) is 2. The minimum Gasteiger partial charge on any atom is -0.267 e. The van der Waals surface area contributed by atoms with E-state index in [4.69, 9.17) is 5.10 Å². The first-order chi connectivity index (χ1) is 7.25. The van der Waals surface area contributed by atoms with Gasteiger partial charge in [-0.15, -0.1) is 0 Å². The summed E-state index contributed by atoms with van der Waals surface area (Å²) in [5.74, 6) is 2.75. The standard InChI is InChI=1S/C13H18N2/c1-7(2)15-11-6-9-5-10(9)12(11)13(14-15)8-3-4-8/h7-10H,3-6H2,1-2H3/t9-,10-/m1/s1. The quantitative estimate of drug-likeness (QED) is 0.721. The Morgan fingerprint density at radius 1 is 1.33 bits per heavy atom. The van der Waals surface area contributed by atoms with Gasteiger partial charge in [0.1, 0.15) is 0 Å². The number of hydrogen-bond acceptors (Lipinski definition) is 1. The Kier molecular flexibility index (Phi) is 1.38. The number of fused-ring (bicyclic) bond motifs is 3. The van der Waals surface area contributed by atoms with Crippen molar-refractivity contribution < 1.29 is 0 Å². The van der Waals surface area contributed by atoms with E-state index in [9.17, 15) is 0 Å². The zero-order valence-corrected chi connectivity index (χ0v) is 9.53. The van der Waals surface area contributed by atoms with E-state index >= 15 is 0 Å². The highest BCUT2D eigenvalue weighted by Crippen LogP contribution is 2.60. The smallest absolute Gasteiger partial charge is 0.0693 e. The van der Waals surface area contributed by atoms with Crippen molar-refractivity contribution >= 4 is 0 Å². The Labute approximate surface area is 90.7 Å². The highest BCUT2D eigenvalue weighted by Gasteiger charge is 2.50. The Morgan fingerprint density at radius 3 is 2.80 bits per heavy atom. The first-order valence-corrected chi connectivity index (χ1v) is 6.37. The van der Waals surface area contributed by atoms with Crippen molar-refractivity contribution in [1.29, 1.82) is 0 Å². The second kappa shape index (κ2) is 2.47. The number of rotatable bonds is 2. The van der Waals surface area contributed by atoms with Gasteiger partial charge in [0.25, 0.3) is 0 Å². The van der Waals surface area contributed by atoms with Crippen LogP contribution in [0.4, 0.5) is 0 Å². The average Bonchev–Trinajstić information content (AvgIpc) is 3.08. The molecule has 4 rings (SSSR count). The molecule has 0 aromatic carbocycles. The third kappa shape index (κ3) is 1.03. The minimum absolute atomic E-state index is 0.545. The van der Waals surface area contributed by atoms with Crippen LogP contribution in [0.1, 0.15) is 67.9 Å². The molecule has 2 fully saturated rings. The summed E-state index contributed by atoms with van der Waals surface area (Å²) in [6.07, 6.45) is 5.55. The predicted octanol–water partition coefficient (Wildman–Crippen LogP) is 3.00. The molecular weight excluding hydrogens is 184 g/mol. The molecular formula is C13H18N2. The topological polar surface area (TPSA) is 17.8 Å². The summed E-state index contributed by atoms with van der Waals surface area (Å²) in [5, 5.41) is 4.89. The lowest BCUT2D eigenvalue weighted by Crippen LogP contribution is -2.07. The van der Waals surface area contributed by atoms with Crippen LogP contribution in [0, 0.1) is 5.92 Å². The monoisotopic (exact) mass is 202 g/mol. The first kappa shape index (κ1) is 8.37.